The van der Waals surface area contributed by atoms with E-state index < -0.39 is 6.10 Å². The zero-order chi connectivity index (χ0) is 18.7. The lowest BCUT2D eigenvalue weighted by Crippen LogP contribution is -2.45. The van der Waals surface area contributed by atoms with Gasteiger partial charge in [0, 0.05) is 6.54 Å². The summed E-state index contributed by atoms with van der Waals surface area (Å²) in [5, 5.41) is 0. The van der Waals surface area contributed by atoms with Crippen LogP contribution in [0.5, 0.6) is 11.5 Å². The van der Waals surface area contributed by atoms with E-state index in [1.54, 1.807) is 24.0 Å². The first-order chi connectivity index (χ1) is 12.5. The summed E-state index contributed by atoms with van der Waals surface area (Å²) in [6, 6.07) is 14.8. The van der Waals surface area contributed by atoms with Crippen LogP contribution < -0.4 is 14.4 Å². The molecule has 136 valence electrons. The molecule has 2 aromatic rings. The molecule has 2 aromatic carbocycles. The van der Waals surface area contributed by atoms with Crippen molar-refractivity contribution in [3.63, 3.8) is 0 Å². The van der Waals surface area contributed by atoms with Gasteiger partial charge in [-0.2, -0.15) is 0 Å². The van der Waals surface area contributed by atoms with E-state index in [1.807, 2.05) is 36.4 Å². The lowest BCUT2D eigenvalue weighted by molar-refractivity contribution is -0.134. The molecule has 5 heteroatoms. The summed E-state index contributed by atoms with van der Waals surface area (Å²) in [6.45, 7) is 6.19. The van der Waals surface area contributed by atoms with E-state index in [0.29, 0.717) is 23.1 Å². The molecule has 1 aliphatic heterocycles. The Kier molecular flexibility index (Phi) is 5.26. The zero-order valence-electron chi connectivity index (χ0n) is 15.3. The van der Waals surface area contributed by atoms with Gasteiger partial charge >= 0.3 is 5.97 Å². The summed E-state index contributed by atoms with van der Waals surface area (Å²) in [4.78, 5) is 26.2. The maximum atomic E-state index is 12.4. The van der Waals surface area contributed by atoms with Gasteiger partial charge in [0.15, 0.2) is 6.10 Å². The van der Waals surface area contributed by atoms with Crippen molar-refractivity contribution in [1.82, 2.24) is 0 Å². The summed E-state index contributed by atoms with van der Waals surface area (Å²) < 4.78 is 11.0. The molecule has 5 nitrogen and oxygen atoms in total. The molecule has 0 radical (unpaired) electrons. The average Bonchev–Trinajstić information content (AvgIpc) is 2.62. The van der Waals surface area contributed by atoms with Crippen molar-refractivity contribution in [3.05, 3.63) is 54.1 Å². The zero-order valence-corrected chi connectivity index (χ0v) is 15.3. The standard InChI is InChI=1S/C21H23NO4/c1-14(2)16-8-10-17(11-9-16)26-20(23)12-13-22-18-6-4-5-7-19(18)25-15(3)21(22)24/h4-11,14-15H,12-13H2,1-3H3. The van der Waals surface area contributed by atoms with Gasteiger partial charge in [0.1, 0.15) is 11.5 Å². The minimum Gasteiger partial charge on any atom is -0.479 e. The van der Waals surface area contributed by atoms with Crippen LogP contribution in [-0.4, -0.2) is 24.5 Å². The first kappa shape index (κ1) is 18.0. The van der Waals surface area contributed by atoms with Gasteiger partial charge in [-0.05, 0) is 42.7 Å². The van der Waals surface area contributed by atoms with Gasteiger partial charge in [0.05, 0.1) is 12.1 Å². The normalized spacial score (nSPS) is 16.2. The Balaban J connectivity index is 1.63. The molecule has 0 saturated heterocycles. The molecule has 0 aromatic heterocycles. The second-order valence-electron chi connectivity index (χ2n) is 6.67. The number of nitrogens with zero attached hydrogens (tertiary/aromatic N) is 1. The highest BCUT2D eigenvalue weighted by Crippen LogP contribution is 2.33. The molecule has 26 heavy (non-hydrogen) atoms. The number of hydrogen-bond donors (Lipinski definition) is 0. The molecule has 0 aliphatic carbocycles. The number of carbonyl (C=O) groups excluding carboxylic acids is 2. The van der Waals surface area contributed by atoms with Gasteiger partial charge in [0.25, 0.3) is 5.91 Å². The van der Waals surface area contributed by atoms with Crippen LogP contribution in [0.25, 0.3) is 0 Å². The summed E-state index contributed by atoms with van der Waals surface area (Å²) in [5.41, 5.74) is 1.87. The Morgan fingerprint density at radius 2 is 1.85 bits per heavy atom. The SMILES string of the molecule is CC1Oc2ccccc2N(CCC(=O)Oc2ccc(C(C)C)cc2)C1=O. The molecular weight excluding hydrogens is 330 g/mol. The molecule has 0 bridgehead atoms. The number of benzene rings is 2. The number of rotatable bonds is 5. The van der Waals surface area contributed by atoms with Gasteiger partial charge in [-0.15, -0.1) is 0 Å². The lowest BCUT2D eigenvalue weighted by atomic mass is 10.0. The Morgan fingerprint density at radius 1 is 1.15 bits per heavy atom. The van der Waals surface area contributed by atoms with Crippen molar-refractivity contribution in [1.29, 1.82) is 0 Å². The number of carbonyl (C=O) groups is 2. The van der Waals surface area contributed by atoms with Gasteiger partial charge in [-0.3, -0.25) is 9.59 Å². The number of esters is 1. The molecule has 3 rings (SSSR count). The van der Waals surface area contributed by atoms with Crippen LogP contribution in [0.4, 0.5) is 5.69 Å². The molecule has 1 aliphatic rings. The van der Waals surface area contributed by atoms with Crippen LogP contribution in [0.1, 0.15) is 38.7 Å². The molecule has 0 N–H and O–H groups in total. The molecule has 1 heterocycles. The van der Waals surface area contributed by atoms with Crippen LogP contribution in [0.3, 0.4) is 0 Å². The quantitative estimate of drug-likeness (QED) is 0.604. The van der Waals surface area contributed by atoms with Crippen LogP contribution >= 0.6 is 0 Å². The number of hydrogen-bond acceptors (Lipinski definition) is 4. The van der Waals surface area contributed by atoms with E-state index in [2.05, 4.69) is 13.8 Å². The molecule has 1 atom stereocenters. The van der Waals surface area contributed by atoms with E-state index >= 15 is 0 Å². The number of amides is 1. The van der Waals surface area contributed by atoms with Gasteiger partial charge in [-0.25, -0.2) is 0 Å². The molecule has 0 saturated carbocycles. The third kappa shape index (κ3) is 3.87. The third-order valence-corrected chi connectivity index (χ3v) is 4.39. The van der Waals surface area contributed by atoms with Crippen LogP contribution in [0.2, 0.25) is 0 Å². The maximum Gasteiger partial charge on any atom is 0.312 e. The van der Waals surface area contributed by atoms with E-state index in [1.165, 1.54) is 5.56 Å². The van der Waals surface area contributed by atoms with E-state index in [-0.39, 0.29) is 24.8 Å². The average molecular weight is 353 g/mol. The Bertz CT molecular complexity index is 798. The van der Waals surface area contributed by atoms with Gasteiger partial charge in [-0.1, -0.05) is 38.1 Å². The fourth-order valence-corrected chi connectivity index (χ4v) is 2.90. The van der Waals surface area contributed by atoms with E-state index in [4.69, 9.17) is 9.47 Å². The fourth-order valence-electron chi connectivity index (χ4n) is 2.90. The Labute approximate surface area is 153 Å². The fraction of sp³-hybridized carbons (Fsp3) is 0.333. The number of ether oxygens (including phenoxy) is 2. The summed E-state index contributed by atoms with van der Waals surface area (Å²) in [7, 11) is 0. The first-order valence-corrected chi connectivity index (χ1v) is 8.83. The second-order valence-corrected chi connectivity index (χ2v) is 6.67. The summed E-state index contributed by atoms with van der Waals surface area (Å²) >= 11 is 0. The minimum atomic E-state index is -0.565. The maximum absolute atomic E-state index is 12.4. The first-order valence-electron chi connectivity index (χ1n) is 8.83. The number of para-hydroxylation sites is 2. The predicted molar refractivity (Wildman–Crippen MR) is 99.7 cm³/mol. The number of anilines is 1. The predicted octanol–water partition coefficient (Wildman–Crippen LogP) is 3.92. The van der Waals surface area contributed by atoms with Crippen molar-refractivity contribution >= 4 is 17.6 Å². The largest absolute Gasteiger partial charge is 0.479 e. The summed E-state index contributed by atoms with van der Waals surface area (Å²) in [5.74, 6) is 1.07. The molecule has 0 fully saturated rings. The van der Waals surface area contributed by atoms with Crippen molar-refractivity contribution < 1.29 is 19.1 Å². The smallest absolute Gasteiger partial charge is 0.312 e. The highest BCUT2D eigenvalue weighted by atomic mass is 16.5. The minimum absolute atomic E-state index is 0.110. The second kappa shape index (κ2) is 7.60. The van der Waals surface area contributed by atoms with Crippen LogP contribution in [-0.2, 0) is 9.59 Å². The third-order valence-electron chi connectivity index (χ3n) is 4.39. The van der Waals surface area contributed by atoms with Crippen LogP contribution in [0, 0.1) is 0 Å². The Morgan fingerprint density at radius 3 is 2.54 bits per heavy atom. The monoisotopic (exact) mass is 353 g/mol. The van der Waals surface area contributed by atoms with Crippen molar-refractivity contribution in [2.24, 2.45) is 0 Å². The number of fused-ring (bicyclic) bond motifs is 1. The summed E-state index contributed by atoms with van der Waals surface area (Å²) in [6.07, 6.45) is -0.455. The highest BCUT2D eigenvalue weighted by molar-refractivity contribution is 6.00. The lowest BCUT2D eigenvalue weighted by Gasteiger charge is -2.32. The van der Waals surface area contributed by atoms with Crippen molar-refractivity contribution in [3.8, 4) is 11.5 Å². The van der Waals surface area contributed by atoms with E-state index in [9.17, 15) is 9.59 Å². The van der Waals surface area contributed by atoms with Gasteiger partial charge < -0.3 is 14.4 Å². The molecule has 1 amide bonds. The molecular formula is C21H23NO4. The highest BCUT2D eigenvalue weighted by Gasteiger charge is 2.31. The van der Waals surface area contributed by atoms with Gasteiger partial charge in [0.2, 0.25) is 0 Å². The topological polar surface area (TPSA) is 55.8 Å². The van der Waals surface area contributed by atoms with Crippen molar-refractivity contribution in [2.45, 2.75) is 39.2 Å². The molecule has 1 unspecified atom stereocenters. The Hall–Kier alpha value is -2.82. The molecule has 0 spiro atoms. The van der Waals surface area contributed by atoms with Crippen LogP contribution in [0.15, 0.2) is 48.5 Å². The van der Waals surface area contributed by atoms with Crippen molar-refractivity contribution in [2.75, 3.05) is 11.4 Å². The van der Waals surface area contributed by atoms with E-state index in [0.717, 1.165) is 0 Å².